The number of aliphatic imine (C=N–C) groups is 1. The molecule has 0 spiro atoms. The van der Waals surface area contributed by atoms with Crippen molar-refractivity contribution in [3.8, 4) is 0 Å². The van der Waals surface area contributed by atoms with Crippen molar-refractivity contribution in [3.63, 3.8) is 0 Å². The largest absolute Gasteiger partial charge is 0.381 e. The molecule has 0 saturated carbocycles. The molecule has 0 radical (unpaired) electrons. The predicted octanol–water partition coefficient (Wildman–Crippen LogP) is 2.38. The van der Waals surface area contributed by atoms with E-state index in [9.17, 15) is 0 Å². The summed E-state index contributed by atoms with van der Waals surface area (Å²) in [7, 11) is 1.94. The highest BCUT2D eigenvalue weighted by Gasteiger charge is 2.34. The third kappa shape index (κ3) is 6.05. The number of aromatic nitrogens is 2. The maximum Gasteiger partial charge on any atom is 0.191 e. The van der Waals surface area contributed by atoms with Gasteiger partial charge in [-0.1, -0.05) is 30.3 Å². The van der Waals surface area contributed by atoms with E-state index in [0.29, 0.717) is 6.54 Å². The minimum absolute atomic E-state index is 0.0315. The quantitative estimate of drug-likeness (QED) is 0.470. The normalized spacial score (nSPS) is 17.7. The molecule has 0 amide bonds. The van der Waals surface area contributed by atoms with Crippen LogP contribution in [0.4, 0.5) is 0 Å². The van der Waals surface area contributed by atoms with Gasteiger partial charge in [0, 0.05) is 51.1 Å². The molecule has 2 heterocycles. The summed E-state index contributed by atoms with van der Waals surface area (Å²) >= 11 is 0. The fourth-order valence-corrected chi connectivity index (χ4v) is 3.73. The molecule has 0 aliphatic carbocycles. The van der Waals surface area contributed by atoms with E-state index in [0.717, 1.165) is 50.8 Å². The molecule has 7 heteroatoms. The van der Waals surface area contributed by atoms with Crippen LogP contribution in [-0.2, 0) is 18.3 Å². The van der Waals surface area contributed by atoms with Gasteiger partial charge in [-0.2, -0.15) is 5.10 Å². The third-order valence-corrected chi connectivity index (χ3v) is 5.53. The van der Waals surface area contributed by atoms with E-state index in [1.807, 2.05) is 17.8 Å². The average molecular weight is 399 g/mol. The summed E-state index contributed by atoms with van der Waals surface area (Å²) in [5.74, 6) is 0.828. The fraction of sp³-hybridized carbons (Fsp3) is 0.545. The van der Waals surface area contributed by atoms with E-state index in [2.05, 4.69) is 65.2 Å². The zero-order chi connectivity index (χ0) is 20.5. The van der Waals surface area contributed by atoms with Gasteiger partial charge in [-0.25, -0.2) is 4.99 Å². The number of hydrogen-bond acceptors (Lipinski definition) is 4. The molecule has 2 aromatic rings. The second-order valence-electron chi connectivity index (χ2n) is 7.66. The van der Waals surface area contributed by atoms with Crippen LogP contribution >= 0.6 is 0 Å². The molecular weight excluding hydrogens is 364 g/mol. The summed E-state index contributed by atoms with van der Waals surface area (Å²) in [5, 5.41) is 15.0. The SMILES string of the molecule is CCNC(=NCc1ccnn1C)NCC1(NC(C)c2ccccc2)CCOCC1. The van der Waals surface area contributed by atoms with Crippen molar-refractivity contribution in [1.82, 2.24) is 25.7 Å². The van der Waals surface area contributed by atoms with E-state index < -0.39 is 0 Å². The molecule has 1 atom stereocenters. The zero-order valence-electron chi connectivity index (χ0n) is 17.8. The van der Waals surface area contributed by atoms with Gasteiger partial charge in [0.1, 0.15) is 0 Å². The van der Waals surface area contributed by atoms with Crippen LogP contribution in [0.5, 0.6) is 0 Å². The van der Waals surface area contributed by atoms with Crippen molar-refractivity contribution in [2.75, 3.05) is 26.3 Å². The number of rotatable bonds is 8. The first-order chi connectivity index (χ1) is 14.1. The number of benzene rings is 1. The summed E-state index contributed by atoms with van der Waals surface area (Å²) in [6.07, 6.45) is 3.74. The molecule has 1 aliphatic rings. The molecule has 3 rings (SSSR count). The number of nitrogens with one attached hydrogen (secondary N) is 3. The van der Waals surface area contributed by atoms with Crippen LogP contribution in [0.25, 0.3) is 0 Å². The minimum Gasteiger partial charge on any atom is -0.381 e. The van der Waals surface area contributed by atoms with Crippen LogP contribution in [0.2, 0.25) is 0 Å². The lowest BCUT2D eigenvalue weighted by Gasteiger charge is -2.41. The number of ether oxygens (including phenoxy) is 1. The van der Waals surface area contributed by atoms with Crippen LogP contribution in [-0.4, -0.2) is 47.6 Å². The summed E-state index contributed by atoms with van der Waals surface area (Å²) in [6.45, 7) is 8.08. The molecule has 0 bridgehead atoms. The molecule has 3 N–H and O–H groups in total. The molecule has 1 aromatic heterocycles. The standard InChI is InChI=1S/C22H34N6O/c1-4-23-21(24-16-20-10-13-26-28(20)3)25-17-22(11-14-29-15-12-22)27-18(2)19-8-6-5-7-9-19/h5-10,13,18,27H,4,11-12,14-17H2,1-3H3,(H2,23,24,25). The lowest BCUT2D eigenvalue weighted by Crippen LogP contribution is -2.58. The molecule has 1 aliphatic heterocycles. The monoisotopic (exact) mass is 398 g/mol. The number of nitrogens with zero attached hydrogens (tertiary/aromatic N) is 3. The van der Waals surface area contributed by atoms with E-state index in [-0.39, 0.29) is 11.6 Å². The highest BCUT2D eigenvalue weighted by Crippen LogP contribution is 2.25. The summed E-state index contributed by atoms with van der Waals surface area (Å²) in [5.41, 5.74) is 2.35. The van der Waals surface area contributed by atoms with Gasteiger partial charge in [-0.3, -0.25) is 4.68 Å². The van der Waals surface area contributed by atoms with Gasteiger partial charge >= 0.3 is 0 Å². The Hall–Kier alpha value is -2.38. The van der Waals surface area contributed by atoms with Crippen molar-refractivity contribution >= 4 is 5.96 Å². The minimum atomic E-state index is -0.0315. The predicted molar refractivity (Wildman–Crippen MR) is 117 cm³/mol. The molecule has 158 valence electrons. The number of hydrogen-bond donors (Lipinski definition) is 3. The first-order valence-electron chi connectivity index (χ1n) is 10.5. The summed E-state index contributed by atoms with van der Waals surface area (Å²) in [6, 6.07) is 12.9. The van der Waals surface area contributed by atoms with Crippen LogP contribution in [0.15, 0.2) is 47.6 Å². The van der Waals surface area contributed by atoms with Gasteiger partial charge in [-0.15, -0.1) is 0 Å². The van der Waals surface area contributed by atoms with Crippen molar-refractivity contribution in [2.24, 2.45) is 12.0 Å². The van der Waals surface area contributed by atoms with Crippen LogP contribution < -0.4 is 16.0 Å². The first kappa shape index (κ1) is 21.3. The Kier molecular flexibility index (Phi) is 7.66. The summed E-state index contributed by atoms with van der Waals surface area (Å²) < 4.78 is 7.51. The van der Waals surface area contributed by atoms with Gasteiger partial charge < -0.3 is 20.7 Å². The Balaban J connectivity index is 1.67. The highest BCUT2D eigenvalue weighted by atomic mass is 16.5. The Morgan fingerprint density at radius 2 is 1.97 bits per heavy atom. The number of aryl methyl sites for hydroxylation is 1. The zero-order valence-corrected chi connectivity index (χ0v) is 17.8. The van der Waals surface area contributed by atoms with Gasteiger partial charge in [0.2, 0.25) is 0 Å². The second kappa shape index (κ2) is 10.4. The van der Waals surface area contributed by atoms with E-state index in [4.69, 9.17) is 9.73 Å². The second-order valence-corrected chi connectivity index (χ2v) is 7.66. The van der Waals surface area contributed by atoms with Gasteiger partial charge in [0.05, 0.1) is 12.2 Å². The van der Waals surface area contributed by atoms with Gasteiger partial charge in [-0.05, 0) is 38.3 Å². The Morgan fingerprint density at radius 1 is 1.21 bits per heavy atom. The van der Waals surface area contributed by atoms with Crippen LogP contribution in [0.1, 0.15) is 44.0 Å². The van der Waals surface area contributed by atoms with E-state index in [1.54, 1.807) is 6.20 Å². The van der Waals surface area contributed by atoms with E-state index >= 15 is 0 Å². The topological polar surface area (TPSA) is 75.5 Å². The van der Waals surface area contributed by atoms with Crippen LogP contribution in [0, 0.1) is 0 Å². The maximum atomic E-state index is 5.65. The third-order valence-electron chi connectivity index (χ3n) is 5.53. The molecule has 1 fully saturated rings. The highest BCUT2D eigenvalue weighted by molar-refractivity contribution is 5.79. The smallest absolute Gasteiger partial charge is 0.191 e. The number of guanidine groups is 1. The Labute approximate surface area is 173 Å². The molecule has 1 unspecified atom stereocenters. The van der Waals surface area contributed by atoms with E-state index in [1.165, 1.54) is 5.56 Å². The van der Waals surface area contributed by atoms with Crippen molar-refractivity contribution in [2.45, 2.75) is 44.8 Å². The maximum absolute atomic E-state index is 5.65. The lowest BCUT2D eigenvalue weighted by atomic mass is 9.88. The Morgan fingerprint density at radius 3 is 2.62 bits per heavy atom. The average Bonchev–Trinajstić information content (AvgIpc) is 3.16. The van der Waals surface area contributed by atoms with Crippen LogP contribution in [0.3, 0.4) is 0 Å². The van der Waals surface area contributed by atoms with Crippen molar-refractivity contribution in [3.05, 3.63) is 53.9 Å². The van der Waals surface area contributed by atoms with Crippen molar-refractivity contribution < 1.29 is 4.74 Å². The lowest BCUT2D eigenvalue weighted by molar-refractivity contribution is 0.0355. The fourth-order valence-electron chi connectivity index (χ4n) is 3.73. The van der Waals surface area contributed by atoms with Gasteiger partial charge in [0.15, 0.2) is 5.96 Å². The van der Waals surface area contributed by atoms with Gasteiger partial charge in [0.25, 0.3) is 0 Å². The summed E-state index contributed by atoms with van der Waals surface area (Å²) in [4.78, 5) is 4.74. The Bertz CT molecular complexity index is 767. The molecule has 7 nitrogen and oxygen atoms in total. The first-order valence-corrected chi connectivity index (χ1v) is 10.5. The molecule has 1 aromatic carbocycles. The molecule has 29 heavy (non-hydrogen) atoms. The molecule has 1 saturated heterocycles. The van der Waals surface area contributed by atoms with Crippen molar-refractivity contribution in [1.29, 1.82) is 0 Å². The molecular formula is C22H34N6O.